The van der Waals surface area contributed by atoms with Crippen LogP contribution in [0.1, 0.15) is 32.6 Å². The molecular weight excluding hydrogens is 226 g/mol. The Morgan fingerprint density at radius 2 is 2.33 bits per heavy atom. The van der Waals surface area contributed by atoms with E-state index in [2.05, 4.69) is 28.2 Å². The smallest absolute Gasteiger partial charge is 0.127 e. The molecule has 1 aromatic heterocycles. The number of aliphatic hydroxyl groups is 1. The lowest BCUT2D eigenvalue weighted by Gasteiger charge is -2.31. The molecule has 2 N–H and O–H groups in total. The van der Waals surface area contributed by atoms with Gasteiger partial charge in [0, 0.05) is 31.0 Å². The normalized spacial score (nSPS) is 20.6. The monoisotopic (exact) mass is 249 g/mol. The summed E-state index contributed by atoms with van der Waals surface area (Å²) in [4.78, 5) is 6.63. The highest BCUT2D eigenvalue weighted by Crippen LogP contribution is 2.25. The first-order chi connectivity index (χ1) is 8.85. The standard InChI is InChI=1S/C14H23N3O/c1-2-15-14-10-12(7-8-16-14)17-9-5-3-4-6-13(17)11-18/h7-8,10,13,18H,2-6,9,11H2,1H3,(H,15,16). The number of anilines is 2. The van der Waals surface area contributed by atoms with Gasteiger partial charge in [0.2, 0.25) is 0 Å². The zero-order valence-electron chi connectivity index (χ0n) is 11.1. The summed E-state index contributed by atoms with van der Waals surface area (Å²) >= 11 is 0. The Morgan fingerprint density at radius 3 is 3.11 bits per heavy atom. The zero-order valence-corrected chi connectivity index (χ0v) is 11.1. The molecule has 100 valence electrons. The lowest BCUT2D eigenvalue weighted by molar-refractivity contribution is 0.255. The molecule has 0 saturated carbocycles. The van der Waals surface area contributed by atoms with Crippen molar-refractivity contribution < 1.29 is 5.11 Å². The molecule has 1 fully saturated rings. The Morgan fingerprint density at radius 1 is 1.44 bits per heavy atom. The minimum atomic E-state index is 0.235. The second-order valence-electron chi connectivity index (χ2n) is 4.81. The van der Waals surface area contributed by atoms with Gasteiger partial charge in [0.1, 0.15) is 5.82 Å². The van der Waals surface area contributed by atoms with Gasteiger partial charge in [-0.3, -0.25) is 0 Å². The highest BCUT2D eigenvalue weighted by molar-refractivity contribution is 5.54. The van der Waals surface area contributed by atoms with Gasteiger partial charge in [-0.2, -0.15) is 0 Å². The van der Waals surface area contributed by atoms with Crippen molar-refractivity contribution in [1.82, 2.24) is 4.98 Å². The summed E-state index contributed by atoms with van der Waals surface area (Å²) in [5, 5.41) is 12.8. The molecule has 1 aromatic rings. The maximum absolute atomic E-state index is 9.55. The maximum Gasteiger partial charge on any atom is 0.127 e. The first-order valence-electron chi connectivity index (χ1n) is 6.92. The molecular formula is C14H23N3O. The summed E-state index contributed by atoms with van der Waals surface area (Å²) in [5.74, 6) is 0.913. The van der Waals surface area contributed by atoms with Gasteiger partial charge in [0.15, 0.2) is 0 Å². The van der Waals surface area contributed by atoms with Crippen LogP contribution in [0, 0.1) is 0 Å². The lowest BCUT2D eigenvalue weighted by Crippen LogP contribution is -2.37. The Hall–Kier alpha value is -1.29. The molecule has 1 saturated heterocycles. The number of rotatable bonds is 4. The van der Waals surface area contributed by atoms with Gasteiger partial charge in [0.25, 0.3) is 0 Å². The van der Waals surface area contributed by atoms with Gasteiger partial charge in [-0.1, -0.05) is 12.8 Å². The summed E-state index contributed by atoms with van der Waals surface area (Å²) in [6, 6.07) is 4.37. The molecule has 4 nitrogen and oxygen atoms in total. The van der Waals surface area contributed by atoms with Gasteiger partial charge in [-0.25, -0.2) is 4.98 Å². The fourth-order valence-corrected chi connectivity index (χ4v) is 2.58. The number of pyridine rings is 1. The van der Waals surface area contributed by atoms with Crippen LogP contribution in [0.4, 0.5) is 11.5 Å². The Kier molecular flexibility index (Phi) is 4.81. The minimum absolute atomic E-state index is 0.235. The Balaban J connectivity index is 2.18. The van der Waals surface area contributed by atoms with Gasteiger partial charge < -0.3 is 15.3 Å². The largest absolute Gasteiger partial charge is 0.394 e. The van der Waals surface area contributed by atoms with E-state index in [0.717, 1.165) is 25.3 Å². The van der Waals surface area contributed by atoms with E-state index in [9.17, 15) is 5.11 Å². The van der Waals surface area contributed by atoms with Crippen LogP contribution >= 0.6 is 0 Å². The highest BCUT2D eigenvalue weighted by atomic mass is 16.3. The van der Waals surface area contributed by atoms with Crippen LogP contribution in [0.25, 0.3) is 0 Å². The van der Waals surface area contributed by atoms with E-state index < -0.39 is 0 Å². The first kappa shape index (κ1) is 13.1. The van der Waals surface area contributed by atoms with E-state index in [4.69, 9.17) is 0 Å². The van der Waals surface area contributed by atoms with E-state index >= 15 is 0 Å². The topological polar surface area (TPSA) is 48.4 Å². The van der Waals surface area contributed by atoms with E-state index in [-0.39, 0.29) is 12.6 Å². The number of hydrogen-bond acceptors (Lipinski definition) is 4. The summed E-state index contributed by atoms with van der Waals surface area (Å²) < 4.78 is 0. The van der Waals surface area contributed by atoms with Crippen molar-refractivity contribution in [1.29, 1.82) is 0 Å². The molecule has 1 unspecified atom stereocenters. The Labute approximate surface area is 109 Å². The summed E-state index contributed by atoms with van der Waals surface area (Å²) in [5.41, 5.74) is 1.17. The summed E-state index contributed by atoms with van der Waals surface area (Å²) in [6.07, 6.45) is 6.60. The van der Waals surface area contributed by atoms with Crippen LogP contribution in [0.3, 0.4) is 0 Å². The third-order valence-electron chi connectivity index (χ3n) is 3.52. The molecule has 0 aliphatic carbocycles. The zero-order chi connectivity index (χ0) is 12.8. The van der Waals surface area contributed by atoms with Crippen molar-refractivity contribution in [3.63, 3.8) is 0 Å². The van der Waals surface area contributed by atoms with E-state index in [0.29, 0.717) is 0 Å². The van der Waals surface area contributed by atoms with E-state index in [1.807, 2.05) is 12.3 Å². The SMILES string of the molecule is CCNc1cc(N2CCCCCC2CO)ccn1. The molecule has 2 rings (SSSR count). The average molecular weight is 249 g/mol. The summed E-state index contributed by atoms with van der Waals surface area (Å²) in [6.45, 7) is 4.20. The fraction of sp³-hybridized carbons (Fsp3) is 0.643. The van der Waals surface area contributed by atoms with Crippen molar-refractivity contribution in [3.05, 3.63) is 18.3 Å². The molecule has 1 atom stereocenters. The third kappa shape index (κ3) is 3.13. The van der Waals surface area contributed by atoms with Gasteiger partial charge in [-0.05, 0) is 25.8 Å². The van der Waals surface area contributed by atoms with Gasteiger partial charge in [0.05, 0.1) is 12.6 Å². The van der Waals surface area contributed by atoms with Gasteiger partial charge >= 0.3 is 0 Å². The molecule has 2 heterocycles. The quantitative estimate of drug-likeness (QED) is 0.859. The second kappa shape index (κ2) is 6.59. The van der Waals surface area contributed by atoms with Crippen LogP contribution < -0.4 is 10.2 Å². The molecule has 18 heavy (non-hydrogen) atoms. The fourth-order valence-electron chi connectivity index (χ4n) is 2.58. The number of hydrogen-bond donors (Lipinski definition) is 2. The number of aromatic nitrogens is 1. The van der Waals surface area contributed by atoms with Gasteiger partial charge in [-0.15, -0.1) is 0 Å². The molecule has 0 radical (unpaired) electrons. The molecule has 1 aliphatic rings. The maximum atomic E-state index is 9.55. The number of aliphatic hydroxyl groups excluding tert-OH is 1. The van der Waals surface area contributed by atoms with E-state index in [1.54, 1.807) is 0 Å². The minimum Gasteiger partial charge on any atom is -0.394 e. The van der Waals surface area contributed by atoms with Crippen molar-refractivity contribution >= 4 is 11.5 Å². The van der Waals surface area contributed by atoms with Crippen molar-refractivity contribution in [2.45, 2.75) is 38.6 Å². The van der Waals surface area contributed by atoms with E-state index in [1.165, 1.54) is 24.9 Å². The molecule has 1 aliphatic heterocycles. The van der Waals surface area contributed by atoms with Crippen LogP contribution in [0.2, 0.25) is 0 Å². The van der Waals surface area contributed by atoms with Crippen LogP contribution in [0.5, 0.6) is 0 Å². The Bertz CT molecular complexity index is 370. The van der Waals surface area contributed by atoms with Crippen LogP contribution in [0.15, 0.2) is 18.3 Å². The third-order valence-corrected chi connectivity index (χ3v) is 3.52. The molecule has 0 bridgehead atoms. The number of nitrogens with one attached hydrogen (secondary N) is 1. The molecule has 0 aromatic carbocycles. The predicted octanol–water partition coefficient (Wildman–Crippen LogP) is 2.25. The molecule has 0 spiro atoms. The van der Waals surface area contributed by atoms with Crippen molar-refractivity contribution in [2.75, 3.05) is 29.9 Å². The summed E-state index contributed by atoms with van der Waals surface area (Å²) in [7, 11) is 0. The molecule has 4 heteroatoms. The van der Waals surface area contributed by atoms with Crippen LogP contribution in [-0.2, 0) is 0 Å². The number of nitrogens with zero attached hydrogens (tertiary/aromatic N) is 2. The highest BCUT2D eigenvalue weighted by Gasteiger charge is 2.20. The lowest BCUT2D eigenvalue weighted by atomic mass is 10.1. The molecule has 0 amide bonds. The average Bonchev–Trinajstić information content (AvgIpc) is 2.64. The van der Waals surface area contributed by atoms with Crippen molar-refractivity contribution in [2.24, 2.45) is 0 Å². The predicted molar refractivity (Wildman–Crippen MR) is 75.1 cm³/mol. The van der Waals surface area contributed by atoms with Crippen molar-refractivity contribution in [3.8, 4) is 0 Å². The first-order valence-corrected chi connectivity index (χ1v) is 6.92. The second-order valence-corrected chi connectivity index (χ2v) is 4.81. The van der Waals surface area contributed by atoms with Crippen LogP contribution in [-0.4, -0.2) is 35.8 Å².